The van der Waals surface area contributed by atoms with Gasteiger partial charge in [0.15, 0.2) is 0 Å². The highest BCUT2D eigenvalue weighted by molar-refractivity contribution is 7.89. The molecule has 0 spiro atoms. The lowest BCUT2D eigenvalue weighted by Gasteiger charge is -2.29. The number of rotatable bonds is 8. The number of aliphatic hydroxyl groups excluding tert-OH is 1. The Morgan fingerprint density at radius 2 is 1.76 bits per heavy atom. The van der Waals surface area contributed by atoms with Gasteiger partial charge in [-0.25, -0.2) is 12.7 Å². The highest BCUT2D eigenvalue weighted by Gasteiger charge is 2.45. The number of amides is 1. The van der Waals surface area contributed by atoms with Crippen molar-refractivity contribution < 1.29 is 27.9 Å². The average molecular weight is 548 g/mol. The Hall–Kier alpha value is -2.76. The Morgan fingerprint density at radius 1 is 1.08 bits per heavy atom. The molecule has 37 heavy (non-hydrogen) atoms. The number of benzene rings is 2. The number of halogens is 1. The Labute approximate surface area is 221 Å². The van der Waals surface area contributed by atoms with E-state index >= 15 is 0 Å². The van der Waals surface area contributed by atoms with E-state index in [2.05, 4.69) is 4.90 Å². The van der Waals surface area contributed by atoms with Crippen molar-refractivity contribution in [1.29, 1.82) is 0 Å². The van der Waals surface area contributed by atoms with E-state index in [9.17, 15) is 23.1 Å². The zero-order valence-electron chi connectivity index (χ0n) is 20.8. The molecule has 2 heterocycles. The van der Waals surface area contributed by atoms with Gasteiger partial charge in [0.1, 0.15) is 5.76 Å². The van der Waals surface area contributed by atoms with Crippen LogP contribution in [0.4, 0.5) is 0 Å². The highest BCUT2D eigenvalue weighted by atomic mass is 35.5. The predicted octanol–water partition coefficient (Wildman–Crippen LogP) is 2.73. The van der Waals surface area contributed by atoms with Gasteiger partial charge in [-0.2, -0.15) is 0 Å². The van der Waals surface area contributed by atoms with Gasteiger partial charge in [0.05, 0.1) is 29.7 Å². The van der Waals surface area contributed by atoms with Crippen LogP contribution in [0.3, 0.4) is 0 Å². The lowest BCUT2D eigenvalue weighted by atomic mass is 9.95. The molecule has 0 saturated carbocycles. The molecule has 1 N–H and O–H groups in total. The number of nitrogens with zero attached hydrogens (tertiary/aromatic N) is 3. The Morgan fingerprint density at radius 3 is 2.38 bits per heavy atom. The molecule has 0 aliphatic carbocycles. The van der Waals surface area contributed by atoms with E-state index in [1.807, 2.05) is 0 Å². The average Bonchev–Trinajstić information content (AvgIpc) is 3.14. The van der Waals surface area contributed by atoms with Gasteiger partial charge in [-0.15, -0.1) is 0 Å². The summed E-state index contributed by atoms with van der Waals surface area (Å²) in [5, 5.41) is 11.7. The van der Waals surface area contributed by atoms with Crippen LogP contribution in [0.1, 0.15) is 23.6 Å². The van der Waals surface area contributed by atoms with Crippen LogP contribution < -0.4 is 0 Å². The van der Waals surface area contributed by atoms with Crippen LogP contribution in [-0.2, 0) is 24.3 Å². The predicted molar refractivity (Wildman–Crippen MR) is 140 cm³/mol. The van der Waals surface area contributed by atoms with E-state index in [0.717, 1.165) is 23.9 Å². The van der Waals surface area contributed by atoms with Crippen molar-refractivity contribution in [2.24, 2.45) is 0 Å². The third kappa shape index (κ3) is 5.73. The number of ketones is 1. The molecule has 2 aliphatic rings. The van der Waals surface area contributed by atoms with Crippen molar-refractivity contribution in [2.45, 2.75) is 17.4 Å². The number of hydrogen-bond acceptors (Lipinski definition) is 7. The van der Waals surface area contributed by atoms with E-state index in [1.165, 1.54) is 43.3 Å². The zero-order chi connectivity index (χ0) is 26.7. The largest absolute Gasteiger partial charge is 0.507 e. The molecule has 2 aliphatic heterocycles. The number of ether oxygens (including phenoxy) is 1. The summed E-state index contributed by atoms with van der Waals surface area (Å²) >= 11 is 6.23. The molecular weight excluding hydrogens is 518 g/mol. The summed E-state index contributed by atoms with van der Waals surface area (Å²) in [6, 6.07) is 11.6. The van der Waals surface area contributed by atoms with Gasteiger partial charge in [-0.05, 0) is 48.4 Å². The van der Waals surface area contributed by atoms with E-state index in [1.54, 1.807) is 24.3 Å². The molecule has 0 bridgehead atoms. The van der Waals surface area contributed by atoms with Crippen LogP contribution in [0.2, 0.25) is 5.02 Å². The summed E-state index contributed by atoms with van der Waals surface area (Å²) in [6.45, 7) is 4.03. The Kier molecular flexibility index (Phi) is 8.35. The minimum Gasteiger partial charge on any atom is -0.507 e. The van der Waals surface area contributed by atoms with Crippen LogP contribution in [0.25, 0.3) is 5.76 Å². The summed E-state index contributed by atoms with van der Waals surface area (Å²) in [4.78, 5) is 30.1. The van der Waals surface area contributed by atoms with Gasteiger partial charge in [-0.3, -0.25) is 14.5 Å². The summed E-state index contributed by atoms with van der Waals surface area (Å²) in [6.07, 6.45) is 0.640. The summed E-state index contributed by atoms with van der Waals surface area (Å²) in [5.41, 5.74) is 0.782. The van der Waals surface area contributed by atoms with Gasteiger partial charge in [0, 0.05) is 50.9 Å². The quantitative estimate of drug-likeness (QED) is 0.307. The fourth-order valence-corrected chi connectivity index (χ4v) is 5.67. The molecule has 2 aromatic carbocycles. The molecule has 9 nitrogen and oxygen atoms in total. The lowest BCUT2D eigenvalue weighted by molar-refractivity contribution is -0.140. The van der Waals surface area contributed by atoms with Crippen molar-refractivity contribution in [3.8, 4) is 0 Å². The standard InChI is InChI=1S/C26H30ClN3O6S/c1-28(2)37(34,35)21-9-7-18(8-10-21)24(31)22-23(19-5-3-6-20(27)17-19)30(26(33)25(22)32)12-4-11-29-13-15-36-16-14-29/h3,5-10,17,23,31H,4,11-16H2,1-2H3/t23-/m1/s1. The van der Waals surface area contributed by atoms with Crippen molar-refractivity contribution >= 4 is 39.1 Å². The van der Waals surface area contributed by atoms with E-state index in [4.69, 9.17) is 16.3 Å². The fraction of sp³-hybridized carbons (Fsp3) is 0.385. The summed E-state index contributed by atoms with van der Waals surface area (Å²) < 4.78 is 31.3. The maximum atomic E-state index is 13.2. The number of morpholine rings is 1. The number of carbonyl (C=O) groups excluding carboxylic acids is 2. The topological polar surface area (TPSA) is 107 Å². The molecule has 2 fully saturated rings. The SMILES string of the molecule is CN(C)S(=O)(=O)c1ccc(C(O)=C2C(=O)C(=O)N(CCCN3CCOCC3)[C@@H]2c2cccc(Cl)c2)cc1. The molecule has 0 aromatic heterocycles. The monoisotopic (exact) mass is 547 g/mol. The molecule has 1 atom stereocenters. The van der Waals surface area contributed by atoms with Gasteiger partial charge >= 0.3 is 0 Å². The summed E-state index contributed by atoms with van der Waals surface area (Å²) in [7, 11) is -0.814. The number of carbonyl (C=O) groups is 2. The third-order valence-electron chi connectivity index (χ3n) is 6.59. The second kappa shape index (κ2) is 11.3. The molecular formula is C26H30ClN3O6S. The first-order valence-electron chi connectivity index (χ1n) is 12.0. The van der Waals surface area contributed by atoms with Gasteiger partial charge in [0.25, 0.3) is 11.7 Å². The maximum Gasteiger partial charge on any atom is 0.295 e. The second-order valence-corrected chi connectivity index (χ2v) is 11.8. The Balaban J connectivity index is 1.68. The van der Waals surface area contributed by atoms with E-state index < -0.39 is 27.8 Å². The van der Waals surface area contributed by atoms with Crippen LogP contribution in [0.15, 0.2) is 59.0 Å². The van der Waals surface area contributed by atoms with Crippen LogP contribution in [0, 0.1) is 0 Å². The van der Waals surface area contributed by atoms with Gasteiger partial charge < -0.3 is 14.7 Å². The van der Waals surface area contributed by atoms with Crippen molar-refractivity contribution in [1.82, 2.24) is 14.1 Å². The number of Topliss-reactive ketones (excluding diaryl/α,β-unsaturated/α-hetero) is 1. The molecule has 198 valence electrons. The molecule has 2 aromatic rings. The Bertz CT molecular complexity index is 1300. The van der Waals surface area contributed by atoms with Crippen molar-refractivity contribution in [3.63, 3.8) is 0 Å². The van der Waals surface area contributed by atoms with Crippen molar-refractivity contribution in [3.05, 3.63) is 70.3 Å². The first-order chi connectivity index (χ1) is 17.6. The molecule has 1 amide bonds. The van der Waals surface area contributed by atoms with Crippen LogP contribution >= 0.6 is 11.6 Å². The third-order valence-corrected chi connectivity index (χ3v) is 8.65. The van der Waals surface area contributed by atoms with Crippen LogP contribution in [0.5, 0.6) is 0 Å². The smallest absolute Gasteiger partial charge is 0.295 e. The zero-order valence-corrected chi connectivity index (χ0v) is 22.3. The molecule has 0 unspecified atom stereocenters. The molecule has 11 heteroatoms. The fourth-order valence-electron chi connectivity index (χ4n) is 4.57. The second-order valence-electron chi connectivity index (χ2n) is 9.17. The van der Waals surface area contributed by atoms with E-state index in [0.29, 0.717) is 36.8 Å². The summed E-state index contributed by atoms with van der Waals surface area (Å²) in [5.74, 6) is -1.85. The van der Waals surface area contributed by atoms with Gasteiger partial charge in [-0.1, -0.05) is 23.7 Å². The number of hydrogen-bond donors (Lipinski definition) is 1. The first kappa shape index (κ1) is 27.3. The molecule has 0 radical (unpaired) electrons. The molecule has 2 saturated heterocycles. The first-order valence-corrected chi connectivity index (χ1v) is 13.8. The lowest BCUT2D eigenvalue weighted by Crippen LogP contribution is -2.38. The minimum atomic E-state index is -3.67. The van der Waals surface area contributed by atoms with Crippen LogP contribution in [-0.4, -0.2) is 92.8 Å². The number of likely N-dealkylation sites (tertiary alicyclic amines) is 1. The minimum absolute atomic E-state index is 0.0454. The number of aliphatic hydroxyl groups is 1. The molecule has 4 rings (SSSR count). The van der Waals surface area contributed by atoms with E-state index in [-0.39, 0.29) is 21.8 Å². The normalized spacial score (nSPS) is 20.6. The van der Waals surface area contributed by atoms with Crippen molar-refractivity contribution in [2.75, 3.05) is 53.5 Å². The van der Waals surface area contributed by atoms with Gasteiger partial charge in [0.2, 0.25) is 10.0 Å². The highest BCUT2D eigenvalue weighted by Crippen LogP contribution is 2.40. The number of sulfonamides is 1. The maximum absolute atomic E-state index is 13.2.